The number of aromatic nitrogens is 4. The molecule has 1 fully saturated rings. The molecule has 4 rings (SSSR count). The number of rotatable bonds is 4. The second-order valence-corrected chi connectivity index (χ2v) is 6.02. The van der Waals surface area contributed by atoms with E-state index in [9.17, 15) is 4.79 Å². The van der Waals surface area contributed by atoms with E-state index in [0.717, 1.165) is 35.4 Å². The predicted molar refractivity (Wildman–Crippen MR) is 90.9 cm³/mol. The van der Waals surface area contributed by atoms with Crippen LogP contribution in [0.2, 0.25) is 0 Å². The molecule has 3 aromatic rings. The first-order valence-electron chi connectivity index (χ1n) is 7.97. The van der Waals surface area contributed by atoms with Crippen LogP contribution in [-0.4, -0.2) is 38.9 Å². The highest BCUT2D eigenvalue weighted by Gasteiger charge is 2.33. The molecule has 2 aromatic heterocycles. The highest BCUT2D eigenvalue weighted by atomic mass is 16.1. The van der Waals surface area contributed by atoms with Crippen molar-refractivity contribution in [2.45, 2.75) is 24.8 Å². The van der Waals surface area contributed by atoms with Gasteiger partial charge in [0.25, 0.3) is 5.91 Å². The average Bonchev–Trinajstić information content (AvgIpc) is 3.10. The quantitative estimate of drug-likeness (QED) is 0.683. The summed E-state index contributed by atoms with van der Waals surface area (Å²) in [4.78, 5) is 28.3. The Hall–Kier alpha value is -2.96. The number of anilines is 1. The Morgan fingerprint density at radius 2 is 2.12 bits per heavy atom. The molecule has 3 N–H and O–H groups in total. The van der Waals surface area contributed by atoms with Gasteiger partial charge in [-0.3, -0.25) is 4.79 Å². The van der Waals surface area contributed by atoms with E-state index in [1.54, 1.807) is 12.3 Å². The summed E-state index contributed by atoms with van der Waals surface area (Å²) < 4.78 is 0. The number of aromatic amines is 1. The van der Waals surface area contributed by atoms with Gasteiger partial charge in [0.2, 0.25) is 0 Å². The molecule has 0 atom stereocenters. The summed E-state index contributed by atoms with van der Waals surface area (Å²) in [6.07, 6.45) is 6.92. The summed E-state index contributed by atoms with van der Waals surface area (Å²) in [6.45, 7) is 0. The van der Waals surface area contributed by atoms with Crippen molar-refractivity contribution in [2.75, 3.05) is 12.4 Å². The van der Waals surface area contributed by atoms with Gasteiger partial charge in [0, 0.05) is 42.4 Å². The zero-order chi connectivity index (χ0) is 16.5. The molecule has 1 aliphatic rings. The van der Waals surface area contributed by atoms with Crippen LogP contribution in [0.4, 0.5) is 5.82 Å². The molecule has 2 heterocycles. The Morgan fingerprint density at radius 1 is 1.25 bits per heavy atom. The smallest absolute Gasteiger partial charge is 0.251 e. The second-order valence-electron chi connectivity index (χ2n) is 6.02. The Labute approximate surface area is 138 Å². The fourth-order valence-electron chi connectivity index (χ4n) is 3.13. The van der Waals surface area contributed by atoms with Crippen molar-refractivity contribution >= 4 is 22.6 Å². The minimum absolute atomic E-state index is 0.0654. The number of carbonyl (C=O) groups is 1. The molecule has 1 saturated carbocycles. The van der Waals surface area contributed by atoms with E-state index >= 15 is 0 Å². The largest absolute Gasteiger partial charge is 0.373 e. The van der Waals surface area contributed by atoms with Gasteiger partial charge in [0.15, 0.2) is 0 Å². The molecular weight excluding hydrogens is 304 g/mol. The summed E-state index contributed by atoms with van der Waals surface area (Å²) in [5.74, 6) is 2.10. The molecule has 1 aliphatic carbocycles. The van der Waals surface area contributed by atoms with Crippen molar-refractivity contribution in [3.05, 3.63) is 48.3 Å². The second kappa shape index (κ2) is 5.92. The lowest BCUT2D eigenvalue weighted by atomic mass is 9.79. The zero-order valence-electron chi connectivity index (χ0n) is 13.3. The van der Waals surface area contributed by atoms with Crippen molar-refractivity contribution in [1.82, 2.24) is 25.3 Å². The molecule has 0 radical (unpaired) electrons. The van der Waals surface area contributed by atoms with Gasteiger partial charge in [-0.25, -0.2) is 15.0 Å². The van der Waals surface area contributed by atoms with Crippen molar-refractivity contribution in [3.63, 3.8) is 0 Å². The van der Waals surface area contributed by atoms with E-state index in [1.165, 1.54) is 6.33 Å². The Bertz CT molecular complexity index is 870. The fraction of sp³-hybridized carbons (Fsp3) is 0.294. The van der Waals surface area contributed by atoms with Gasteiger partial charge in [0.05, 0.1) is 5.52 Å². The fourth-order valence-corrected chi connectivity index (χ4v) is 3.13. The third-order valence-electron chi connectivity index (χ3n) is 4.51. The Morgan fingerprint density at radius 3 is 2.88 bits per heavy atom. The highest BCUT2D eigenvalue weighted by Crippen LogP contribution is 2.35. The number of imidazole rings is 1. The number of hydrogen-bond acceptors (Lipinski definition) is 5. The van der Waals surface area contributed by atoms with E-state index in [1.807, 2.05) is 25.4 Å². The van der Waals surface area contributed by atoms with E-state index in [-0.39, 0.29) is 11.9 Å². The summed E-state index contributed by atoms with van der Waals surface area (Å²) in [7, 11) is 1.81. The SMILES string of the molecule is CNc1ncnc2cc(C(=O)NC3CC(c4ncc[nH]4)C3)ccc12. The number of amides is 1. The van der Waals surface area contributed by atoms with Gasteiger partial charge >= 0.3 is 0 Å². The number of hydrogen-bond donors (Lipinski definition) is 3. The average molecular weight is 322 g/mol. The lowest BCUT2D eigenvalue weighted by molar-refractivity contribution is 0.0907. The molecule has 0 unspecified atom stereocenters. The molecule has 0 saturated heterocycles. The summed E-state index contributed by atoms with van der Waals surface area (Å²) in [6, 6.07) is 5.68. The number of nitrogens with zero attached hydrogens (tertiary/aromatic N) is 3. The standard InChI is InChI=1S/C17H18N6O/c1-18-16-13-3-2-10(8-14(13)21-9-22-16)17(24)23-12-6-11(7-12)15-19-4-5-20-15/h2-5,8-9,11-12H,6-7H2,1H3,(H,19,20)(H,23,24)(H,18,21,22). The van der Waals surface area contributed by atoms with Crippen molar-refractivity contribution in [1.29, 1.82) is 0 Å². The maximum Gasteiger partial charge on any atom is 0.251 e. The summed E-state index contributed by atoms with van der Waals surface area (Å²) in [5.41, 5.74) is 1.37. The minimum Gasteiger partial charge on any atom is -0.373 e. The third kappa shape index (κ3) is 2.58. The van der Waals surface area contributed by atoms with Crippen LogP contribution in [0.15, 0.2) is 36.9 Å². The third-order valence-corrected chi connectivity index (χ3v) is 4.51. The summed E-state index contributed by atoms with van der Waals surface area (Å²) >= 11 is 0. The van der Waals surface area contributed by atoms with Gasteiger partial charge in [-0.2, -0.15) is 0 Å². The molecule has 24 heavy (non-hydrogen) atoms. The van der Waals surface area contributed by atoms with Crippen molar-refractivity contribution in [3.8, 4) is 0 Å². The van der Waals surface area contributed by atoms with Crippen LogP contribution >= 0.6 is 0 Å². The topological polar surface area (TPSA) is 95.6 Å². The van der Waals surface area contributed by atoms with Crippen LogP contribution in [0, 0.1) is 0 Å². The van der Waals surface area contributed by atoms with Crippen LogP contribution in [0.5, 0.6) is 0 Å². The van der Waals surface area contributed by atoms with Crippen molar-refractivity contribution < 1.29 is 4.79 Å². The van der Waals surface area contributed by atoms with Gasteiger partial charge in [-0.05, 0) is 31.0 Å². The maximum absolute atomic E-state index is 12.4. The molecule has 1 amide bonds. The van der Waals surface area contributed by atoms with Gasteiger partial charge in [0.1, 0.15) is 18.0 Å². The van der Waals surface area contributed by atoms with E-state index in [2.05, 4.69) is 30.6 Å². The summed E-state index contributed by atoms with van der Waals surface area (Å²) in [5, 5.41) is 7.01. The molecule has 122 valence electrons. The van der Waals surface area contributed by atoms with Crippen molar-refractivity contribution in [2.24, 2.45) is 0 Å². The van der Waals surface area contributed by atoms with E-state index < -0.39 is 0 Å². The number of benzene rings is 1. The first-order valence-corrected chi connectivity index (χ1v) is 7.97. The molecule has 1 aromatic carbocycles. The minimum atomic E-state index is -0.0654. The number of nitrogens with one attached hydrogen (secondary N) is 3. The number of carbonyl (C=O) groups excluding carboxylic acids is 1. The van der Waals surface area contributed by atoms with Crippen LogP contribution in [-0.2, 0) is 0 Å². The van der Waals surface area contributed by atoms with Crippen LogP contribution in [0.3, 0.4) is 0 Å². The normalized spacial score (nSPS) is 19.7. The van der Waals surface area contributed by atoms with Gasteiger partial charge in [-0.15, -0.1) is 0 Å². The molecule has 0 aliphatic heterocycles. The lowest BCUT2D eigenvalue weighted by Crippen LogP contribution is -2.43. The lowest BCUT2D eigenvalue weighted by Gasteiger charge is -2.34. The van der Waals surface area contributed by atoms with E-state index in [0.29, 0.717) is 11.5 Å². The van der Waals surface area contributed by atoms with Crippen LogP contribution in [0.25, 0.3) is 10.9 Å². The van der Waals surface area contributed by atoms with Crippen LogP contribution in [0.1, 0.15) is 34.9 Å². The van der Waals surface area contributed by atoms with E-state index in [4.69, 9.17) is 0 Å². The predicted octanol–water partition coefficient (Wildman–Crippen LogP) is 2.07. The Kier molecular flexibility index (Phi) is 3.60. The molecule has 7 nitrogen and oxygen atoms in total. The van der Waals surface area contributed by atoms with Gasteiger partial charge < -0.3 is 15.6 Å². The molecule has 7 heteroatoms. The first kappa shape index (κ1) is 14.6. The van der Waals surface area contributed by atoms with Gasteiger partial charge in [-0.1, -0.05) is 0 Å². The first-order chi connectivity index (χ1) is 11.7. The maximum atomic E-state index is 12.4. The molecular formula is C17H18N6O. The number of fused-ring (bicyclic) bond motifs is 1. The molecule has 0 spiro atoms. The highest BCUT2D eigenvalue weighted by molar-refractivity contribution is 5.99. The number of H-pyrrole nitrogens is 1. The zero-order valence-corrected chi connectivity index (χ0v) is 13.3. The monoisotopic (exact) mass is 322 g/mol. The molecule has 0 bridgehead atoms. The van der Waals surface area contributed by atoms with Crippen LogP contribution < -0.4 is 10.6 Å². The Balaban J connectivity index is 1.44.